The summed E-state index contributed by atoms with van der Waals surface area (Å²) in [6, 6.07) is 9.72. The van der Waals surface area contributed by atoms with Crippen molar-refractivity contribution < 1.29 is 9.90 Å². The van der Waals surface area contributed by atoms with E-state index in [4.69, 9.17) is 0 Å². The van der Waals surface area contributed by atoms with E-state index in [9.17, 15) is 9.90 Å². The summed E-state index contributed by atoms with van der Waals surface area (Å²) in [6.45, 7) is 6.70. The van der Waals surface area contributed by atoms with E-state index < -0.39 is 5.97 Å². The largest absolute Gasteiger partial charge is 0.477 e. The molecule has 0 bridgehead atoms. The zero-order chi connectivity index (χ0) is 14.7. The van der Waals surface area contributed by atoms with Crippen molar-refractivity contribution in [1.82, 2.24) is 9.78 Å². The number of hydrogen-bond donors (Lipinski definition) is 1. The number of nitrogens with zero attached hydrogens (tertiary/aromatic N) is 2. The summed E-state index contributed by atoms with van der Waals surface area (Å²) in [7, 11) is 0. The Balaban J connectivity index is 2.29. The van der Waals surface area contributed by atoms with Crippen LogP contribution in [-0.2, 0) is 13.0 Å². The quantitative estimate of drug-likeness (QED) is 0.909. The number of aromatic nitrogens is 2. The molecule has 0 aliphatic heterocycles. The molecule has 4 heteroatoms. The van der Waals surface area contributed by atoms with E-state index in [0.717, 1.165) is 23.2 Å². The lowest BCUT2D eigenvalue weighted by molar-refractivity contribution is 0.0684. The molecule has 0 aliphatic rings. The molecule has 2 rings (SSSR count). The van der Waals surface area contributed by atoms with Crippen molar-refractivity contribution >= 4 is 5.97 Å². The summed E-state index contributed by atoms with van der Waals surface area (Å²) in [6.07, 6.45) is 0.793. The van der Waals surface area contributed by atoms with Crippen molar-refractivity contribution in [2.75, 3.05) is 0 Å². The predicted molar refractivity (Wildman–Crippen MR) is 78.0 cm³/mol. The minimum Gasteiger partial charge on any atom is -0.477 e. The van der Waals surface area contributed by atoms with Gasteiger partial charge >= 0.3 is 5.97 Å². The Kier molecular flexibility index (Phi) is 4.23. The van der Waals surface area contributed by atoms with Gasteiger partial charge in [-0.3, -0.25) is 4.68 Å². The zero-order valence-corrected chi connectivity index (χ0v) is 12.1. The highest BCUT2D eigenvalue weighted by atomic mass is 16.4. The molecule has 0 saturated carbocycles. The fourth-order valence-corrected chi connectivity index (χ4v) is 2.26. The van der Waals surface area contributed by atoms with Crippen LogP contribution in [0.15, 0.2) is 30.3 Å². The number of carboxylic acid groups (broad SMARTS) is 1. The van der Waals surface area contributed by atoms with Gasteiger partial charge in [-0.2, -0.15) is 5.10 Å². The molecule has 2 aromatic rings. The molecule has 4 nitrogen and oxygen atoms in total. The third kappa shape index (κ3) is 3.47. The lowest BCUT2D eigenvalue weighted by Crippen LogP contribution is -2.11. The second-order valence-electron chi connectivity index (χ2n) is 5.57. The Bertz CT molecular complexity index is 615. The second-order valence-corrected chi connectivity index (χ2v) is 5.57. The molecule has 1 aromatic carbocycles. The number of benzene rings is 1. The standard InChI is InChI=1S/C16H20N2O2/c1-11(2)7-14-9-15(16(19)20)18(17-14)10-13-6-4-5-12(3)8-13/h4-6,8-9,11H,7,10H2,1-3H3,(H,19,20). The van der Waals surface area contributed by atoms with Gasteiger partial charge in [0.05, 0.1) is 12.2 Å². The number of aryl methyl sites for hydroxylation is 1. The van der Waals surface area contributed by atoms with Crippen molar-refractivity contribution in [1.29, 1.82) is 0 Å². The first-order valence-electron chi connectivity index (χ1n) is 6.81. The van der Waals surface area contributed by atoms with Gasteiger partial charge in [0.1, 0.15) is 5.69 Å². The molecular weight excluding hydrogens is 252 g/mol. The molecule has 0 spiro atoms. The molecule has 1 heterocycles. The summed E-state index contributed by atoms with van der Waals surface area (Å²) in [5, 5.41) is 13.7. The Morgan fingerprint density at radius 3 is 2.70 bits per heavy atom. The van der Waals surface area contributed by atoms with Crippen LogP contribution >= 0.6 is 0 Å². The highest BCUT2D eigenvalue weighted by Crippen LogP contribution is 2.13. The van der Waals surface area contributed by atoms with E-state index in [1.807, 2.05) is 25.1 Å². The Morgan fingerprint density at radius 2 is 2.10 bits per heavy atom. The molecule has 0 unspecified atom stereocenters. The maximum atomic E-state index is 11.3. The lowest BCUT2D eigenvalue weighted by Gasteiger charge is -2.06. The Labute approximate surface area is 119 Å². The number of aromatic carboxylic acids is 1. The molecule has 0 saturated heterocycles. The summed E-state index contributed by atoms with van der Waals surface area (Å²) in [5.74, 6) is -0.473. The summed E-state index contributed by atoms with van der Waals surface area (Å²) in [4.78, 5) is 11.3. The number of rotatable bonds is 5. The summed E-state index contributed by atoms with van der Waals surface area (Å²) >= 11 is 0. The maximum absolute atomic E-state index is 11.3. The first kappa shape index (κ1) is 14.3. The monoisotopic (exact) mass is 272 g/mol. The van der Waals surface area contributed by atoms with Gasteiger partial charge in [0.15, 0.2) is 0 Å². The van der Waals surface area contributed by atoms with Crippen LogP contribution in [0.2, 0.25) is 0 Å². The van der Waals surface area contributed by atoms with Crippen LogP contribution in [0.1, 0.15) is 41.2 Å². The first-order valence-corrected chi connectivity index (χ1v) is 6.81. The van der Waals surface area contributed by atoms with Crippen molar-refractivity contribution in [3.05, 3.63) is 52.8 Å². The molecule has 0 radical (unpaired) electrons. The van der Waals surface area contributed by atoms with Crippen LogP contribution in [0.5, 0.6) is 0 Å². The van der Waals surface area contributed by atoms with Crippen molar-refractivity contribution in [2.45, 2.75) is 33.7 Å². The normalized spacial score (nSPS) is 11.0. The molecule has 0 atom stereocenters. The van der Waals surface area contributed by atoms with Gasteiger partial charge < -0.3 is 5.11 Å². The van der Waals surface area contributed by atoms with Crippen LogP contribution in [0, 0.1) is 12.8 Å². The van der Waals surface area contributed by atoms with Gasteiger partial charge in [-0.1, -0.05) is 43.7 Å². The first-order chi connectivity index (χ1) is 9.45. The average Bonchev–Trinajstić information content (AvgIpc) is 2.71. The number of hydrogen-bond acceptors (Lipinski definition) is 2. The van der Waals surface area contributed by atoms with Gasteiger partial charge in [0.25, 0.3) is 0 Å². The maximum Gasteiger partial charge on any atom is 0.354 e. The van der Waals surface area contributed by atoms with Crippen molar-refractivity contribution in [3.63, 3.8) is 0 Å². The lowest BCUT2D eigenvalue weighted by atomic mass is 10.1. The van der Waals surface area contributed by atoms with Crippen molar-refractivity contribution in [3.8, 4) is 0 Å². The Morgan fingerprint density at radius 1 is 1.35 bits per heavy atom. The molecular formula is C16H20N2O2. The molecule has 106 valence electrons. The van der Waals surface area contributed by atoms with Gasteiger partial charge in [-0.25, -0.2) is 4.79 Å². The summed E-state index contributed by atoms with van der Waals surface area (Å²) in [5.41, 5.74) is 3.31. The van der Waals surface area contributed by atoms with Crippen LogP contribution in [-0.4, -0.2) is 20.9 Å². The highest BCUT2D eigenvalue weighted by molar-refractivity contribution is 5.85. The molecule has 0 amide bonds. The molecule has 20 heavy (non-hydrogen) atoms. The third-order valence-corrected chi connectivity index (χ3v) is 3.08. The fourth-order valence-electron chi connectivity index (χ4n) is 2.26. The van der Waals surface area contributed by atoms with Crippen LogP contribution in [0.3, 0.4) is 0 Å². The fraction of sp³-hybridized carbons (Fsp3) is 0.375. The zero-order valence-electron chi connectivity index (χ0n) is 12.1. The van der Waals surface area contributed by atoms with E-state index in [1.54, 1.807) is 10.7 Å². The molecule has 1 N–H and O–H groups in total. The van der Waals surface area contributed by atoms with E-state index >= 15 is 0 Å². The molecule has 1 aromatic heterocycles. The number of carboxylic acids is 1. The SMILES string of the molecule is Cc1cccc(Cn2nc(CC(C)C)cc2C(=O)O)c1. The van der Waals surface area contributed by atoms with Crippen LogP contribution < -0.4 is 0 Å². The topological polar surface area (TPSA) is 55.1 Å². The average molecular weight is 272 g/mol. The smallest absolute Gasteiger partial charge is 0.354 e. The van der Waals surface area contributed by atoms with E-state index in [1.165, 1.54) is 0 Å². The van der Waals surface area contributed by atoms with E-state index in [2.05, 4.69) is 25.0 Å². The predicted octanol–water partition coefficient (Wildman–Crippen LogP) is 3.14. The molecule has 0 fully saturated rings. The molecule has 0 aliphatic carbocycles. The third-order valence-electron chi connectivity index (χ3n) is 3.08. The van der Waals surface area contributed by atoms with Gasteiger partial charge in [0.2, 0.25) is 0 Å². The van der Waals surface area contributed by atoms with Crippen LogP contribution in [0.4, 0.5) is 0 Å². The minimum atomic E-state index is -0.930. The van der Waals surface area contributed by atoms with E-state index in [-0.39, 0.29) is 5.69 Å². The number of carbonyl (C=O) groups is 1. The van der Waals surface area contributed by atoms with Crippen LogP contribution in [0.25, 0.3) is 0 Å². The second kappa shape index (κ2) is 5.90. The van der Waals surface area contributed by atoms with Gasteiger partial charge in [-0.15, -0.1) is 0 Å². The van der Waals surface area contributed by atoms with E-state index in [0.29, 0.717) is 12.5 Å². The Hall–Kier alpha value is -2.10. The summed E-state index contributed by atoms with van der Waals surface area (Å²) < 4.78 is 1.58. The van der Waals surface area contributed by atoms with Crippen molar-refractivity contribution in [2.24, 2.45) is 5.92 Å². The highest BCUT2D eigenvalue weighted by Gasteiger charge is 2.15. The van der Waals surface area contributed by atoms with Gasteiger partial charge in [0, 0.05) is 0 Å². The minimum absolute atomic E-state index is 0.252. The van der Waals surface area contributed by atoms with Gasteiger partial charge in [-0.05, 0) is 30.9 Å².